The summed E-state index contributed by atoms with van der Waals surface area (Å²) in [4.78, 5) is 6.26. The van der Waals surface area contributed by atoms with Crippen LogP contribution in [0.5, 0.6) is 0 Å². The van der Waals surface area contributed by atoms with Crippen LogP contribution < -0.4 is 15.5 Å². The molecule has 0 aliphatic carbocycles. The van der Waals surface area contributed by atoms with Crippen molar-refractivity contribution in [1.29, 1.82) is 0 Å². The Morgan fingerprint density at radius 3 is 2.80 bits per heavy atom. The van der Waals surface area contributed by atoms with Crippen LogP contribution >= 0.6 is 24.0 Å². The molecule has 6 nitrogen and oxygen atoms in total. The van der Waals surface area contributed by atoms with E-state index in [4.69, 9.17) is 0 Å². The summed E-state index contributed by atoms with van der Waals surface area (Å²) in [7, 11) is 1.87. The van der Waals surface area contributed by atoms with Crippen molar-refractivity contribution in [2.24, 2.45) is 12.0 Å². The summed E-state index contributed by atoms with van der Waals surface area (Å²) in [5, 5.41) is 10.4. The molecule has 1 aliphatic rings. The molecule has 1 aromatic heterocycles. The largest absolute Gasteiger partial charge is 0.390 e. The first-order valence-electron chi connectivity index (χ1n) is 8.22. The van der Waals surface area contributed by atoms with Crippen molar-refractivity contribution in [3.8, 4) is 0 Å². The maximum Gasteiger partial charge on any atom is 0.390 e. The highest BCUT2D eigenvalue weighted by Crippen LogP contribution is 2.20. The molecular weight excluding hydrogens is 448 g/mol. The van der Waals surface area contributed by atoms with Gasteiger partial charge in [-0.25, -0.2) is 0 Å². The van der Waals surface area contributed by atoms with Crippen molar-refractivity contribution < 1.29 is 13.2 Å². The van der Waals surface area contributed by atoms with Crippen LogP contribution in [0.4, 0.5) is 18.9 Å². The minimum absolute atomic E-state index is 0. The van der Waals surface area contributed by atoms with Gasteiger partial charge in [0.2, 0.25) is 0 Å². The highest BCUT2D eigenvalue weighted by molar-refractivity contribution is 14.0. The molecule has 0 spiro atoms. The molecule has 0 saturated carbocycles. The summed E-state index contributed by atoms with van der Waals surface area (Å²) in [6, 6.07) is 0.141. The summed E-state index contributed by atoms with van der Waals surface area (Å²) in [6.45, 7) is 3.96. The summed E-state index contributed by atoms with van der Waals surface area (Å²) in [5.74, 6) is 0.444. The highest BCUT2D eigenvalue weighted by Gasteiger charge is 2.26. The Morgan fingerprint density at radius 2 is 2.20 bits per heavy atom. The molecule has 1 fully saturated rings. The molecule has 1 aliphatic heterocycles. The predicted molar refractivity (Wildman–Crippen MR) is 104 cm³/mol. The van der Waals surface area contributed by atoms with Gasteiger partial charge in [-0.15, -0.1) is 24.0 Å². The molecule has 2 rings (SSSR count). The molecule has 0 aromatic carbocycles. The normalized spacial score (nSPS) is 18.7. The number of rotatable bonds is 5. The molecule has 1 saturated heterocycles. The van der Waals surface area contributed by atoms with E-state index in [9.17, 15) is 13.2 Å². The summed E-state index contributed by atoms with van der Waals surface area (Å²) >= 11 is 0. The number of alkyl halides is 3. The number of aryl methyl sites for hydroxylation is 1. The van der Waals surface area contributed by atoms with E-state index < -0.39 is 12.6 Å². The maximum absolute atomic E-state index is 12.3. The van der Waals surface area contributed by atoms with Crippen LogP contribution in [-0.4, -0.2) is 54.1 Å². The van der Waals surface area contributed by atoms with E-state index in [0.29, 0.717) is 12.5 Å². The first kappa shape index (κ1) is 21.8. The Morgan fingerprint density at radius 1 is 1.44 bits per heavy atom. The van der Waals surface area contributed by atoms with E-state index in [-0.39, 0.29) is 36.6 Å². The zero-order valence-electron chi connectivity index (χ0n) is 14.5. The quantitative estimate of drug-likeness (QED) is 0.392. The monoisotopic (exact) mass is 474 g/mol. The number of hydrogen-bond donors (Lipinski definition) is 2. The Labute approximate surface area is 163 Å². The topological polar surface area (TPSA) is 57.5 Å². The lowest BCUT2D eigenvalue weighted by atomic mass is 10.1. The van der Waals surface area contributed by atoms with Gasteiger partial charge < -0.3 is 15.5 Å². The molecule has 25 heavy (non-hydrogen) atoms. The van der Waals surface area contributed by atoms with Gasteiger partial charge in [-0.05, 0) is 19.8 Å². The van der Waals surface area contributed by atoms with Gasteiger partial charge in [0.05, 0.1) is 24.8 Å². The van der Waals surface area contributed by atoms with Gasteiger partial charge in [0.1, 0.15) is 0 Å². The lowest BCUT2D eigenvalue weighted by molar-refractivity contribution is -0.132. The second-order valence-electron chi connectivity index (χ2n) is 5.93. The van der Waals surface area contributed by atoms with Crippen LogP contribution in [0.25, 0.3) is 0 Å². The summed E-state index contributed by atoms with van der Waals surface area (Å²) in [5.41, 5.74) is 1.06. The van der Waals surface area contributed by atoms with E-state index in [1.165, 1.54) is 0 Å². The van der Waals surface area contributed by atoms with Gasteiger partial charge in [0.15, 0.2) is 5.96 Å². The number of anilines is 1. The van der Waals surface area contributed by atoms with Crippen LogP contribution in [-0.2, 0) is 7.05 Å². The molecule has 2 N–H and O–H groups in total. The van der Waals surface area contributed by atoms with Crippen LogP contribution in [0.15, 0.2) is 17.4 Å². The molecule has 10 heteroatoms. The van der Waals surface area contributed by atoms with Crippen LogP contribution in [0.1, 0.15) is 26.2 Å². The molecular formula is C15H26F3IN6. The number of nitrogens with one attached hydrogen (secondary N) is 2. The molecule has 1 atom stereocenters. The van der Waals surface area contributed by atoms with E-state index in [1.807, 2.05) is 26.4 Å². The van der Waals surface area contributed by atoms with Gasteiger partial charge >= 0.3 is 6.18 Å². The third-order valence-electron chi connectivity index (χ3n) is 3.83. The standard InChI is InChI=1S/C15H25F3N6.HI/c1-3-19-14(20-7-6-15(16,17)18)22-12-5-4-8-24(10-12)13-9-21-23(2)11-13;/h9,11-12H,3-8,10H2,1-2H3,(H2,19,20,22);1H. The number of guanidine groups is 1. The molecule has 1 unspecified atom stereocenters. The Kier molecular flexibility index (Phi) is 8.80. The van der Waals surface area contributed by atoms with Crippen molar-refractivity contribution in [2.45, 2.75) is 38.4 Å². The molecule has 0 bridgehead atoms. The minimum atomic E-state index is -4.18. The average molecular weight is 474 g/mol. The Bertz CT molecular complexity index is 546. The van der Waals surface area contributed by atoms with Crippen LogP contribution in [0, 0.1) is 0 Å². The average Bonchev–Trinajstić information content (AvgIpc) is 2.93. The number of aromatic nitrogens is 2. The fourth-order valence-corrected chi connectivity index (χ4v) is 2.71. The minimum Gasteiger partial charge on any atom is -0.367 e. The van der Waals surface area contributed by atoms with E-state index >= 15 is 0 Å². The van der Waals surface area contributed by atoms with Gasteiger partial charge in [-0.3, -0.25) is 9.67 Å². The number of halogens is 4. The van der Waals surface area contributed by atoms with Gasteiger partial charge in [0, 0.05) is 38.9 Å². The van der Waals surface area contributed by atoms with Crippen LogP contribution in [0.2, 0.25) is 0 Å². The first-order valence-corrected chi connectivity index (χ1v) is 8.22. The fraction of sp³-hybridized carbons (Fsp3) is 0.733. The molecule has 144 valence electrons. The van der Waals surface area contributed by atoms with E-state index in [1.54, 1.807) is 4.68 Å². The zero-order valence-corrected chi connectivity index (χ0v) is 16.8. The fourth-order valence-electron chi connectivity index (χ4n) is 2.71. The molecule has 2 heterocycles. The van der Waals surface area contributed by atoms with Crippen LogP contribution in [0.3, 0.4) is 0 Å². The Balaban J connectivity index is 0.00000312. The molecule has 1 aromatic rings. The number of nitrogens with zero attached hydrogens (tertiary/aromatic N) is 4. The third kappa shape index (κ3) is 7.70. The smallest absolute Gasteiger partial charge is 0.367 e. The van der Waals surface area contributed by atoms with Crippen molar-refractivity contribution in [3.63, 3.8) is 0 Å². The third-order valence-corrected chi connectivity index (χ3v) is 3.83. The number of piperidine rings is 1. The predicted octanol–water partition coefficient (Wildman–Crippen LogP) is 2.51. The van der Waals surface area contributed by atoms with E-state index in [2.05, 4.69) is 25.6 Å². The lowest BCUT2D eigenvalue weighted by Gasteiger charge is -2.34. The van der Waals surface area contributed by atoms with Gasteiger partial charge in [-0.1, -0.05) is 0 Å². The SMILES string of the molecule is CCNC(=NCCC(F)(F)F)NC1CCCN(c2cnn(C)c2)C1.I. The van der Waals surface area contributed by atoms with Crippen molar-refractivity contribution in [3.05, 3.63) is 12.4 Å². The second kappa shape index (κ2) is 10.1. The molecule has 0 amide bonds. The highest BCUT2D eigenvalue weighted by atomic mass is 127. The van der Waals surface area contributed by atoms with Crippen molar-refractivity contribution >= 4 is 35.6 Å². The second-order valence-corrected chi connectivity index (χ2v) is 5.93. The number of aliphatic imine (C=N–C) groups is 1. The van der Waals surface area contributed by atoms with Crippen molar-refractivity contribution in [1.82, 2.24) is 20.4 Å². The Hall–Kier alpha value is -1.20. The molecule has 0 radical (unpaired) electrons. The lowest BCUT2D eigenvalue weighted by Crippen LogP contribution is -2.51. The zero-order chi connectivity index (χ0) is 17.6. The van der Waals surface area contributed by atoms with E-state index in [0.717, 1.165) is 31.6 Å². The summed E-state index contributed by atoms with van der Waals surface area (Å²) in [6.07, 6.45) is 0.670. The van der Waals surface area contributed by atoms with Crippen molar-refractivity contribution in [2.75, 3.05) is 31.1 Å². The summed E-state index contributed by atoms with van der Waals surface area (Å²) < 4.78 is 38.6. The first-order chi connectivity index (χ1) is 11.4. The maximum atomic E-state index is 12.3. The number of hydrogen-bond acceptors (Lipinski definition) is 3. The van der Waals surface area contributed by atoms with Gasteiger partial charge in [-0.2, -0.15) is 18.3 Å². The van der Waals surface area contributed by atoms with Gasteiger partial charge in [0.25, 0.3) is 0 Å².